The Labute approximate surface area is 162 Å². The molecule has 142 valence electrons. The van der Waals surface area contributed by atoms with Crippen LogP contribution in [-0.4, -0.2) is 5.97 Å². The average Bonchev–Trinajstić information content (AvgIpc) is 2.69. The molecular formula is C25H30O2. The standard InChI is InChI=1S/C25H30O2/c1-3-4-18-7-11-19(12-8-18)21-13-14-22-16-24(27-25(26)23(22)15-21)20-9-5-17(2)6-10-20/h5-6,9-10,13-15,18-19,24H,3-4,7-8,11-12,16H2,1-2H3. The Morgan fingerprint density at radius 2 is 1.67 bits per heavy atom. The van der Waals surface area contributed by atoms with Gasteiger partial charge in [0.1, 0.15) is 6.10 Å². The fourth-order valence-electron chi connectivity index (χ4n) is 4.81. The van der Waals surface area contributed by atoms with Crippen molar-refractivity contribution in [1.82, 2.24) is 0 Å². The molecule has 0 aromatic heterocycles. The number of carbonyl (C=O) groups is 1. The van der Waals surface area contributed by atoms with Gasteiger partial charge in [0.15, 0.2) is 0 Å². The Morgan fingerprint density at radius 3 is 2.37 bits per heavy atom. The highest BCUT2D eigenvalue weighted by atomic mass is 16.5. The maximum absolute atomic E-state index is 12.7. The van der Waals surface area contributed by atoms with Crippen LogP contribution >= 0.6 is 0 Å². The van der Waals surface area contributed by atoms with E-state index in [2.05, 4.69) is 56.3 Å². The highest BCUT2D eigenvalue weighted by Gasteiger charge is 2.29. The highest BCUT2D eigenvalue weighted by Crippen LogP contribution is 2.39. The van der Waals surface area contributed by atoms with Crippen molar-refractivity contribution in [3.8, 4) is 0 Å². The number of ether oxygens (including phenoxy) is 1. The van der Waals surface area contributed by atoms with Crippen LogP contribution in [0, 0.1) is 12.8 Å². The molecule has 0 bridgehead atoms. The predicted octanol–water partition coefficient (Wildman–Crippen LogP) is 6.52. The molecule has 4 rings (SSSR count). The van der Waals surface area contributed by atoms with Crippen LogP contribution in [0.25, 0.3) is 0 Å². The fourth-order valence-corrected chi connectivity index (χ4v) is 4.81. The second-order valence-corrected chi connectivity index (χ2v) is 8.43. The molecule has 1 saturated carbocycles. The van der Waals surface area contributed by atoms with Gasteiger partial charge in [-0.15, -0.1) is 0 Å². The lowest BCUT2D eigenvalue weighted by molar-refractivity contribution is 0.0252. The maximum atomic E-state index is 12.7. The van der Waals surface area contributed by atoms with E-state index in [1.165, 1.54) is 49.7 Å². The molecule has 0 amide bonds. The summed E-state index contributed by atoms with van der Waals surface area (Å²) < 4.78 is 5.79. The van der Waals surface area contributed by atoms with Gasteiger partial charge in [0.2, 0.25) is 0 Å². The largest absolute Gasteiger partial charge is 0.454 e. The first kappa shape index (κ1) is 18.3. The van der Waals surface area contributed by atoms with Gasteiger partial charge in [0.05, 0.1) is 5.56 Å². The molecule has 1 aliphatic carbocycles. The van der Waals surface area contributed by atoms with Crippen molar-refractivity contribution in [2.75, 3.05) is 0 Å². The Balaban J connectivity index is 1.49. The SMILES string of the molecule is CCCC1CCC(c2ccc3c(c2)C(=O)OC(c2ccc(C)cc2)C3)CC1. The lowest BCUT2D eigenvalue weighted by atomic mass is 9.76. The number of hydrogen-bond acceptors (Lipinski definition) is 2. The van der Waals surface area contributed by atoms with Crippen LogP contribution in [0.4, 0.5) is 0 Å². The topological polar surface area (TPSA) is 26.3 Å². The number of carbonyl (C=O) groups excluding carboxylic acids is 1. The minimum absolute atomic E-state index is 0.164. The number of cyclic esters (lactones) is 1. The van der Waals surface area contributed by atoms with Crippen molar-refractivity contribution >= 4 is 5.97 Å². The molecule has 2 aliphatic rings. The molecule has 27 heavy (non-hydrogen) atoms. The Kier molecular flexibility index (Phi) is 5.33. The molecule has 0 saturated heterocycles. The first-order chi connectivity index (χ1) is 13.1. The zero-order chi connectivity index (χ0) is 18.8. The third kappa shape index (κ3) is 3.95. The predicted molar refractivity (Wildman–Crippen MR) is 109 cm³/mol. The van der Waals surface area contributed by atoms with Gasteiger partial charge >= 0.3 is 5.97 Å². The summed E-state index contributed by atoms with van der Waals surface area (Å²) in [5, 5.41) is 0. The van der Waals surface area contributed by atoms with Gasteiger partial charge in [-0.05, 0) is 67.2 Å². The molecule has 2 aromatic rings. The van der Waals surface area contributed by atoms with E-state index >= 15 is 0 Å². The molecule has 2 nitrogen and oxygen atoms in total. The van der Waals surface area contributed by atoms with Crippen LogP contribution in [0.15, 0.2) is 42.5 Å². The molecule has 2 aromatic carbocycles. The molecular weight excluding hydrogens is 332 g/mol. The molecule has 0 spiro atoms. The van der Waals surface area contributed by atoms with Gasteiger partial charge in [0, 0.05) is 6.42 Å². The number of fused-ring (bicyclic) bond motifs is 1. The van der Waals surface area contributed by atoms with Crippen molar-refractivity contribution < 1.29 is 9.53 Å². The fraction of sp³-hybridized carbons (Fsp3) is 0.480. The lowest BCUT2D eigenvalue weighted by Crippen LogP contribution is -2.22. The third-order valence-electron chi connectivity index (χ3n) is 6.47. The van der Waals surface area contributed by atoms with Crippen LogP contribution in [0.5, 0.6) is 0 Å². The van der Waals surface area contributed by atoms with Crippen LogP contribution in [0.3, 0.4) is 0 Å². The van der Waals surface area contributed by atoms with Crippen LogP contribution in [0.2, 0.25) is 0 Å². The van der Waals surface area contributed by atoms with E-state index in [-0.39, 0.29) is 12.1 Å². The van der Waals surface area contributed by atoms with Crippen molar-refractivity contribution in [2.24, 2.45) is 5.92 Å². The van der Waals surface area contributed by atoms with Crippen molar-refractivity contribution in [2.45, 2.75) is 70.8 Å². The molecule has 1 fully saturated rings. The van der Waals surface area contributed by atoms with Gasteiger partial charge in [-0.3, -0.25) is 0 Å². The zero-order valence-corrected chi connectivity index (χ0v) is 16.5. The molecule has 0 N–H and O–H groups in total. The number of esters is 1. The summed E-state index contributed by atoms with van der Waals surface area (Å²) in [7, 11) is 0. The van der Waals surface area contributed by atoms with Crippen LogP contribution < -0.4 is 0 Å². The summed E-state index contributed by atoms with van der Waals surface area (Å²) >= 11 is 0. The normalized spacial score (nSPS) is 25.0. The summed E-state index contributed by atoms with van der Waals surface area (Å²) in [5.74, 6) is 1.35. The van der Waals surface area contributed by atoms with Gasteiger partial charge in [-0.25, -0.2) is 4.79 Å². The zero-order valence-electron chi connectivity index (χ0n) is 16.5. The van der Waals surface area contributed by atoms with Gasteiger partial charge in [0.25, 0.3) is 0 Å². The summed E-state index contributed by atoms with van der Waals surface area (Å²) in [5.41, 5.74) is 5.54. The molecule has 2 heteroatoms. The monoisotopic (exact) mass is 362 g/mol. The first-order valence-corrected chi connectivity index (χ1v) is 10.5. The van der Waals surface area contributed by atoms with E-state index in [1.807, 2.05) is 0 Å². The Hall–Kier alpha value is -2.09. The second-order valence-electron chi connectivity index (χ2n) is 8.43. The smallest absolute Gasteiger partial charge is 0.339 e. The van der Waals surface area contributed by atoms with Crippen molar-refractivity contribution in [1.29, 1.82) is 0 Å². The summed E-state index contributed by atoms with van der Waals surface area (Å²) in [6.45, 7) is 4.36. The summed E-state index contributed by atoms with van der Waals surface area (Å²) in [4.78, 5) is 12.7. The quantitative estimate of drug-likeness (QED) is 0.578. The number of rotatable bonds is 4. The van der Waals surface area contributed by atoms with Crippen LogP contribution in [-0.2, 0) is 11.2 Å². The summed E-state index contributed by atoms with van der Waals surface area (Å²) in [6.07, 6.45) is 8.43. The average molecular weight is 363 g/mol. The number of benzene rings is 2. The van der Waals surface area contributed by atoms with Gasteiger partial charge < -0.3 is 4.74 Å². The molecule has 1 heterocycles. The minimum atomic E-state index is -0.166. The minimum Gasteiger partial charge on any atom is -0.454 e. The number of aryl methyl sites for hydroxylation is 1. The van der Waals surface area contributed by atoms with E-state index in [1.54, 1.807) is 0 Å². The lowest BCUT2D eigenvalue weighted by Gasteiger charge is -2.30. The third-order valence-corrected chi connectivity index (χ3v) is 6.47. The van der Waals surface area contributed by atoms with E-state index in [0.717, 1.165) is 29.0 Å². The molecule has 0 radical (unpaired) electrons. The number of hydrogen-bond donors (Lipinski definition) is 0. The molecule has 1 aliphatic heterocycles. The highest BCUT2D eigenvalue weighted by molar-refractivity contribution is 5.92. The van der Waals surface area contributed by atoms with E-state index < -0.39 is 0 Å². The Morgan fingerprint density at radius 1 is 0.963 bits per heavy atom. The first-order valence-electron chi connectivity index (χ1n) is 10.5. The van der Waals surface area contributed by atoms with Crippen molar-refractivity contribution in [3.05, 3.63) is 70.3 Å². The second kappa shape index (κ2) is 7.88. The van der Waals surface area contributed by atoms with Crippen LogP contribution in [0.1, 0.15) is 90.1 Å². The van der Waals surface area contributed by atoms with E-state index in [4.69, 9.17) is 4.74 Å². The van der Waals surface area contributed by atoms with Gasteiger partial charge in [-0.2, -0.15) is 0 Å². The van der Waals surface area contributed by atoms with Crippen molar-refractivity contribution in [3.63, 3.8) is 0 Å². The molecule has 1 atom stereocenters. The summed E-state index contributed by atoms with van der Waals surface area (Å²) in [6, 6.07) is 14.9. The van der Waals surface area contributed by atoms with E-state index in [9.17, 15) is 4.79 Å². The maximum Gasteiger partial charge on any atom is 0.339 e. The van der Waals surface area contributed by atoms with Gasteiger partial charge in [-0.1, -0.05) is 61.7 Å². The Bertz CT molecular complexity index is 798. The van der Waals surface area contributed by atoms with E-state index in [0.29, 0.717) is 5.92 Å². The molecule has 1 unspecified atom stereocenters.